The van der Waals surface area contributed by atoms with Gasteiger partial charge in [0.2, 0.25) is 0 Å². The average molecular weight is 146 g/mol. The molecule has 0 fully saturated rings. The summed E-state index contributed by atoms with van der Waals surface area (Å²) in [7, 11) is 0. The molecule has 56 valence electrons. The highest BCUT2D eigenvalue weighted by Crippen LogP contribution is 2.10. The molecular formula is C8H18S. The molecule has 0 nitrogen and oxygen atoms in total. The third kappa shape index (κ3) is 8.35. The van der Waals surface area contributed by atoms with E-state index in [4.69, 9.17) is 0 Å². The summed E-state index contributed by atoms with van der Waals surface area (Å²) in [4.78, 5) is 0. The van der Waals surface area contributed by atoms with Gasteiger partial charge < -0.3 is 0 Å². The van der Waals surface area contributed by atoms with Gasteiger partial charge in [0.05, 0.1) is 0 Å². The summed E-state index contributed by atoms with van der Waals surface area (Å²) in [6.45, 7) is 6.69. The van der Waals surface area contributed by atoms with Crippen LogP contribution in [0.5, 0.6) is 0 Å². The molecule has 1 unspecified atom stereocenters. The van der Waals surface area contributed by atoms with Crippen molar-refractivity contribution in [1.29, 1.82) is 0 Å². The number of thiol groups is 1. The number of hydrogen-bond acceptors (Lipinski definition) is 1. The van der Waals surface area contributed by atoms with E-state index in [-0.39, 0.29) is 0 Å². The van der Waals surface area contributed by atoms with E-state index < -0.39 is 0 Å². The molecule has 0 N–H and O–H groups in total. The monoisotopic (exact) mass is 146 g/mol. The second-order valence-corrected chi connectivity index (χ2v) is 4.06. The SMILES string of the molecule is CC(C)CCCC(C)S. The standard InChI is InChI=1S/C8H18S/c1-7(2)5-4-6-8(3)9/h7-9H,4-6H2,1-3H3. The molecule has 1 heteroatoms. The highest BCUT2D eigenvalue weighted by Gasteiger charge is 1.96. The smallest absolute Gasteiger partial charge is 0.00116 e. The van der Waals surface area contributed by atoms with Crippen molar-refractivity contribution < 1.29 is 0 Å². The van der Waals surface area contributed by atoms with Gasteiger partial charge in [0.1, 0.15) is 0 Å². The van der Waals surface area contributed by atoms with Crippen LogP contribution in [0.2, 0.25) is 0 Å². The van der Waals surface area contributed by atoms with Crippen molar-refractivity contribution in [2.75, 3.05) is 0 Å². The van der Waals surface area contributed by atoms with E-state index in [0.29, 0.717) is 5.25 Å². The van der Waals surface area contributed by atoms with Crippen LogP contribution < -0.4 is 0 Å². The lowest BCUT2D eigenvalue weighted by atomic mass is 10.1. The average Bonchev–Trinajstić information content (AvgIpc) is 1.63. The first kappa shape index (κ1) is 9.35. The second kappa shape index (κ2) is 5.16. The van der Waals surface area contributed by atoms with Gasteiger partial charge in [-0.1, -0.05) is 33.6 Å². The van der Waals surface area contributed by atoms with Gasteiger partial charge in [-0.15, -0.1) is 0 Å². The zero-order chi connectivity index (χ0) is 7.28. The minimum absolute atomic E-state index is 0.587. The maximum atomic E-state index is 4.30. The van der Waals surface area contributed by atoms with Gasteiger partial charge in [0.15, 0.2) is 0 Å². The Morgan fingerprint density at radius 3 is 2.00 bits per heavy atom. The Balaban J connectivity index is 2.91. The number of rotatable bonds is 4. The summed E-state index contributed by atoms with van der Waals surface area (Å²) in [5.41, 5.74) is 0. The third-order valence-electron chi connectivity index (χ3n) is 1.40. The van der Waals surface area contributed by atoms with Crippen molar-refractivity contribution in [1.82, 2.24) is 0 Å². The highest BCUT2D eigenvalue weighted by molar-refractivity contribution is 7.80. The van der Waals surface area contributed by atoms with E-state index in [1.807, 2.05) is 0 Å². The van der Waals surface area contributed by atoms with Gasteiger partial charge in [-0.05, 0) is 17.6 Å². The Morgan fingerprint density at radius 2 is 1.67 bits per heavy atom. The molecule has 0 aliphatic rings. The number of hydrogen-bond donors (Lipinski definition) is 1. The molecule has 0 spiro atoms. The maximum absolute atomic E-state index is 4.30. The molecule has 0 aromatic carbocycles. The van der Waals surface area contributed by atoms with Crippen LogP contribution in [0.1, 0.15) is 40.0 Å². The first-order chi connectivity index (χ1) is 4.13. The molecule has 0 aliphatic carbocycles. The zero-order valence-corrected chi connectivity index (χ0v) is 7.62. The van der Waals surface area contributed by atoms with Crippen molar-refractivity contribution in [3.63, 3.8) is 0 Å². The van der Waals surface area contributed by atoms with Crippen LogP contribution in [0, 0.1) is 5.92 Å². The fourth-order valence-corrected chi connectivity index (χ4v) is 1.00. The highest BCUT2D eigenvalue weighted by atomic mass is 32.1. The fraction of sp³-hybridized carbons (Fsp3) is 1.00. The van der Waals surface area contributed by atoms with E-state index in [0.717, 1.165) is 5.92 Å². The summed E-state index contributed by atoms with van der Waals surface area (Å²) in [5, 5.41) is 0.587. The zero-order valence-electron chi connectivity index (χ0n) is 6.72. The van der Waals surface area contributed by atoms with Crippen LogP contribution in [0.15, 0.2) is 0 Å². The molecule has 0 amide bonds. The second-order valence-electron chi connectivity index (χ2n) is 3.17. The van der Waals surface area contributed by atoms with Crippen LogP contribution in [-0.2, 0) is 0 Å². The van der Waals surface area contributed by atoms with Gasteiger partial charge in [-0.3, -0.25) is 0 Å². The Hall–Kier alpha value is 0.350. The normalized spacial score (nSPS) is 14.3. The van der Waals surface area contributed by atoms with Crippen molar-refractivity contribution in [3.8, 4) is 0 Å². The largest absolute Gasteiger partial charge is 0.176 e. The molecule has 1 atom stereocenters. The Labute approximate surface area is 64.4 Å². The lowest BCUT2D eigenvalue weighted by Crippen LogP contribution is -1.93. The van der Waals surface area contributed by atoms with Crippen molar-refractivity contribution >= 4 is 12.6 Å². The molecule has 0 radical (unpaired) electrons. The molecule has 0 aliphatic heterocycles. The molecule has 0 saturated heterocycles. The van der Waals surface area contributed by atoms with E-state index >= 15 is 0 Å². The Kier molecular flexibility index (Phi) is 5.36. The predicted octanol–water partition coefficient (Wildman–Crippen LogP) is 3.13. The van der Waals surface area contributed by atoms with E-state index in [1.54, 1.807) is 0 Å². The van der Waals surface area contributed by atoms with E-state index in [1.165, 1.54) is 19.3 Å². The van der Waals surface area contributed by atoms with Crippen LogP contribution in [-0.4, -0.2) is 5.25 Å². The minimum atomic E-state index is 0.587. The lowest BCUT2D eigenvalue weighted by molar-refractivity contribution is 0.538. The van der Waals surface area contributed by atoms with Crippen LogP contribution >= 0.6 is 12.6 Å². The molecule has 0 heterocycles. The van der Waals surface area contributed by atoms with Crippen LogP contribution in [0.3, 0.4) is 0 Å². The third-order valence-corrected chi connectivity index (χ3v) is 1.66. The summed E-state index contributed by atoms with van der Waals surface area (Å²) >= 11 is 4.30. The summed E-state index contributed by atoms with van der Waals surface area (Å²) < 4.78 is 0. The molecule has 0 bridgehead atoms. The van der Waals surface area contributed by atoms with Crippen molar-refractivity contribution in [2.45, 2.75) is 45.3 Å². The topological polar surface area (TPSA) is 0 Å². The van der Waals surface area contributed by atoms with Crippen molar-refractivity contribution in [3.05, 3.63) is 0 Å². The summed E-state index contributed by atoms with van der Waals surface area (Å²) in [6, 6.07) is 0. The predicted molar refractivity (Wildman–Crippen MR) is 47.1 cm³/mol. The van der Waals surface area contributed by atoms with Gasteiger partial charge in [0, 0.05) is 0 Å². The Bertz CT molecular complexity index is 49.6. The van der Waals surface area contributed by atoms with Gasteiger partial charge in [-0.25, -0.2) is 0 Å². The molecule has 0 rings (SSSR count). The van der Waals surface area contributed by atoms with E-state index in [9.17, 15) is 0 Å². The van der Waals surface area contributed by atoms with E-state index in [2.05, 4.69) is 33.4 Å². The van der Waals surface area contributed by atoms with Gasteiger partial charge in [0.25, 0.3) is 0 Å². The molecule has 9 heavy (non-hydrogen) atoms. The lowest BCUT2D eigenvalue weighted by Gasteiger charge is -2.05. The first-order valence-electron chi connectivity index (χ1n) is 3.81. The molecule has 0 aromatic rings. The molecular weight excluding hydrogens is 128 g/mol. The summed E-state index contributed by atoms with van der Waals surface area (Å²) in [6.07, 6.45) is 3.95. The van der Waals surface area contributed by atoms with Crippen LogP contribution in [0.25, 0.3) is 0 Å². The molecule has 0 saturated carbocycles. The maximum Gasteiger partial charge on any atom is -0.00116 e. The Morgan fingerprint density at radius 1 is 1.11 bits per heavy atom. The summed E-state index contributed by atoms with van der Waals surface area (Å²) in [5.74, 6) is 0.858. The fourth-order valence-electron chi connectivity index (χ4n) is 0.822. The van der Waals surface area contributed by atoms with Gasteiger partial charge in [-0.2, -0.15) is 12.6 Å². The molecule has 0 aromatic heterocycles. The first-order valence-corrected chi connectivity index (χ1v) is 4.32. The van der Waals surface area contributed by atoms with Gasteiger partial charge >= 0.3 is 0 Å². The quantitative estimate of drug-likeness (QED) is 0.579. The van der Waals surface area contributed by atoms with Crippen LogP contribution in [0.4, 0.5) is 0 Å². The minimum Gasteiger partial charge on any atom is -0.176 e. The van der Waals surface area contributed by atoms with Crippen molar-refractivity contribution in [2.24, 2.45) is 5.92 Å².